The third kappa shape index (κ3) is 3.78. The van der Waals surface area contributed by atoms with Crippen LogP contribution in [0.15, 0.2) is 11.4 Å². The van der Waals surface area contributed by atoms with Crippen LogP contribution in [0.2, 0.25) is 0 Å². The maximum absolute atomic E-state index is 12.2. The monoisotopic (exact) mass is 282 g/mol. The summed E-state index contributed by atoms with van der Waals surface area (Å²) in [7, 11) is 3.72. The highest BCUT2D eigenvalue weighted by atomic mass is 32.1. The molecule has 1 N–H and O–H groups in total. The molecular formula is C14H22N2O2S. The minimum absolute atomic E-state index is 0.0128. The van der Waals surface area contributed by atoms with Crippen LogP contribution in [0.4, 0.5) is 0 Å². The van der Waals surface area contributed by atoms with Gasteiger partial charge in [0.25, 0.3) is 0 Å². The highest BCUT2D eigenvalue weighted by Crippen LogP contribution is 2.22. The van der Waals surface area contributed by atoms with E-state index in [4.69, 9.17) is 4.74 Å². The van der Waals surface area contributed by atoms with Crippen molar-refractivity contribution < 1.29 is 9.53 Å². The number of hydrogen-bond donors (Lipinski definition) is 1. The van der Waals surface area contributed by atoms with E-state index in [0.29, 0.717) is 12.5 Å². The van der Waals surface area contributed by atoms with Gasteiger partial charge in [0.05, 0.1) is 19.2 Å². The smallest absolute Gasteiger partial charge is 0.237 e. The van der Waals surface area contributed by atoms with Gasteiger partial charge in [-0.05, 0) is 43.3 Å². The number of thiophene rings is 1. The van der Waals surface area contributed by atoms with Crippen LogP contribution in [-0.2, 0) is 16.1 Å². The van der Waals surface area contributed by atoms with E-state index in [0.717, 1.165) is 19.6 Å². The highest BCUT2D eigenvalue weighted by molar-refractivity contribution is 7.10. The van der Waals surface area contributed by atoms with Gasteiger partial charge in [-0.1, -0.05) is 0 Å². The number of amides is 1. The summed E-state index contributed by atoms with van der Waals surface area (Å²) < 4.78 is 5.18. The lowest BCUT2D eigenvalue weighted by molar-refractivity contribution is -0.125. The van der Waals surface area contributed by atoms with E-state index < -0.39 is 0 Å². The molecule has 1 aromatic rings. The number of likely N-dealkylation sites (N-methyl/N-ethyl adjacent to an activating group) is 1. The van der Waals surface area contributed by atoms with E-state index >= 15 is 0 Å². The number of methoxy groups -OCH3 is 1. The van der Waals surface area contributed by atoms with Gasteiger partial charge < -0.3 is 10.1 Å². The van der Waals surface area contributed by atoms with Gasteiger partial charge in [0, 0.05) is 18.5 Å². The number of hydrogen-bond acceptors (Lipinski definition) is 4. The first-order valence-electron chi connectivity index (χ1n) is 6.61. The molecule has 1 aromatic heterocycles. The Morgan fingerprint density at radius 1 is 1.63 bits per heavy atom. The average Bonchev–Trinajstić information content (AvgIpc) is 2.93. The van der Waals surface area contributed by atoms with Crippen molar-refractivity contribution in [3.8, 4) is 0 Å². The van der Waals surface area contributed by atoms with Crippen molar-refractivity contribution in [1.82, 2.24) is 10.2 Å². The Morgan fingerprint density at radius 3 is 3.05 bits per heavy atom. The van der Waals surface area contributed by atoms with Crippen LogP contribution in [0.5, 0.6) is 0 Å². The second-order valence-electron chi connectivity index (χ2n) is 5.32. The van der Waals surface area contributed by atoms with E-state index in [1.54, 1.807) is 18.4 Å². The zero-order valence-electron chi connectivity index (χ0n) is 11.8. The van der Waals surface area contributed by atoms with Crippen LogP contribution in [0.1, 0.15) is 16.9 Å². The SMILES string of the molecule is COCC1CC(C(=O)NCc2cc(C)cs2)N(C)C1. The number of likely N-dealkylation sites (tertiary alicyclic amines) is 1. The Kier molecular flexibility index (Phi) is 4.96. The summed E-state index contributed by atoms with van der Waals surface area (Å²) >= 11 is 1.70. The van der Waals surface area contributed by atoms with Crippen LogP contribution in [0.25, 0.3) is 0 Å². The summed E-state index contributed by atoms with van der Waals surface area (Å²) in [4.78, 5) is 15.5. The Labute approximate surface area is 118 Å². The summed E-state index contributed by atoms with van der Waals surface area (Å²) in [6, 6.07) is 2.11. The van der Waals surface area contributed by atoms with Gasteiger partial charge in [-0.25, -0.2) is 0 Å². The molecule has 5 heteroatoms. The summed E-state index contributed by atoms with van der Waals surface area (Å²) in [5.74, 6) is 0.599. The summed E-state index contributed by atoms with van der Waals surface area (Å²) in [6.45, 7) is 4.38. The summed E-state index contributed by atoms with van der Waals surface area (Å²) in [6.07, 6.45) is 0.889. The third-order valence-corrected chi connectivity index (χ3v) is 4.62. The Balaban J connectivity index is 1.83. The third-order valence-electron chi connectivity index (χ3n) is 3.56. The molecule has 0 radical (unpaired) electrons. The molecule has 4 nitrogen and oxygen atoms in total. The van der Waals surface area contributed by atoms with Crippen molar-refractivity contribution in [2.45, 2.75) is 25.9 Å². The van der Waals surface area contributed by atoms with Crippen molar-refractivity contribution in [1.29, 1.82) is 0 Å². The molecule has 1 aliphatic heterocycles. The molecule has 0 spiro atoms. The zero-order chi connectivity index (χ0) is 13.8. The minimum Gasteiger partial charge on any atom is -0.384 e. The molecule has 0 aliphatic carbocycles. The maximum atomic E-state index is 12.2. The predicted octanol–water partition coefficient (Wildman–Crippen LogP) is 1.64. The standard InChI is InChI=1S/C14H22N2O2S/c1-10-4-12(19-9-10)6-15-14(17)13-5-11(8-18-3)7-16(13)2/h4,9,11,13H,5-8H2,1-3H3,(H,15,17). The molecule has 1 aliphatic rings. The van der Waals surface area contributed by atoms with Crippen LogP contribution in [0.3, 0.4) is 0 Å². The van der Waals surface area contributed by atoms with Gasteiger partial charge in [-0.15, -0.1) is 11.3 Å². The van der Waals surface area contributed by atoms with E-state index in [9.17, 15) is 4.79 Å². The van der Waals surface area contributed by atoms with Crippen LogP contribution < -0.4 is 5.32 Å². The quantitative estimate of drug-likeness (QED) is 0.892. The number of nitrogens with one attached hydrogen (secondary N) is 1. The largest absolute Gasteiger partial charge is 0.384 e. The lowest BCUT2D eigenvalue weighted by Gasteiger charge is -2.18. The number of ether oxygens (including phenoxy) is 1. The molecule has 2 rings (SSSR count). The fourth-order valence-corrected chi connectivity index (χ4v) is 3.46. The van der Waals surface area contributed by atoms with Crippen molar-refractivity contribution in [3.05, 3.63) is 21.9 Å². The maximum Gasteiger partial charge on any atom is 0.237 e. The van der Waals surface area contributed by atoms with Crippen LogP contribution >= 0.6 is 11.3 Å². The second-order valence-corrected chi connectivity index (χ2v) is 6.32. The highest BCUT2D eigenvalue weighted by Gasteiger charge is 2.34. The van der Waals surface area contributed by atoms with Gasteiger partial charge in [-0.2, -0.15) is 0 Å². The Hall–Kier alpha value is -0.910. The van der Waals surface area contributed by atoms with Crippen molar-refractivity contribution in [2.75, 3.05) is 27.3 Å². The van der Waals surface area contributed by atoms with E-state index in [1.807, 2.05) is 7.05 Å². The van der Waals surface area contributed by atoms with Crippen molar-refractivity contribution in [3.63, 3.8) is 0 Å². The summed E-state index contributed by atoms with van der Waals surface area (Å²) in [5.41, 5.74) is 1.26. The molecule has 0 saturated carbocycles. The molecule has 0 bridgehead atoms. The molecule has 2 atom stereocenters. The lowest BCUT2D eigenvalue weighted by atomic mass is 10.1. The van der Waals surface area contributed by atoms with Crippen LogP contribution in [0, 0.1) is 12.8 Å². The summed E-state index contributed by atoms with van der Waals surface area (Å²) in [5, 5.41) is 5.15. The van der Waals surface area contributed by atoms with Gasteiger partial charge in [0.1, 0.15) is 0 Å². The molecule has 2 heterocycles. The van der Waals surface area contributed by atoms with Crippen molar-refractivity contribution >= 4 is 17.2 Å². The average molecular weight is 282 g/mol. The van der Waals surface area contributed by atoms with E-state index in [2.05, 4.69) is 28.6 Å². The first kappa shape index (κ1) is 14.5. The van der Waals surface area contributed by atoms with Gasteiger partial charge in [-0.3, -0.25) is 9.69 Å². The topological polar surface area (TPSA) is 41.6 Å². The first-order valence-corrected chi connectivity index (χ1v) is 7.49. The molecule has 19 heavy (non-hydrogen) atoms. The van der Waals surface area contributed by atoms with Crippen LogP contribution in [-0.4, -0.2) is 44.2 Å². The Bertz CT molecular complexity index is 433. The first-order chi connectivity index (χ1) is 9.10. The molecule has 2 unspecified atom stereocenters. The number of carbonyl (C=O) groups is 1. The number of carbonyl (C=O) groups excluding carboxylic acids is 1. The molecule has 1 fully saturated rings. The predicted molar refractivity (Wildman–Crippen MR) is 77.3 cm³/mol. The minimum atomic E-state index is -0.0128. The van der Waals surface area contributed by atoms with Crippen molar-refractivity contribution in [2.24, 2.45) is 5.92 Å². The molecule has 1 saturated heterocycles. The van der Waals surface area contributed by atoms with E-state index in [-0.39, 0.29) is 11.9 Å². The van der Waals surface area contributed by atoms with Gasteiger partial charge in [0.2, 0.25) is 5.91 Å². The molecule has 106 valence electrons. The normalized spacial score (nSPS) is 23.7. The zero-order valence-corrected chi connectivity index (χ0v) is 12.6. The fourth-order valence-electron chi connectivity index (χ4n) is 2.64. The number of aryl methyl sites for hydroxylation is 1. The van der Waals surface area contributed by atoms with E-state index in [1.165, 1.54) is 10.4 Å². The van der Waals surface area contributed by atoms with Gasteiger partial charge >= 0.3 is 0 Å². The Morgan fingerprint density at radius 2 is 2.42 bits per heavy atom. The molecule has 1 amide bonds. The second kappa shape index (κ2) is 6.50. The molecular weight excluding hydrogens is 260 g/mol. The number of nitrogens with zero attached hydrogens (tertiary/aromatic N) is 1. The number of rotatable bonds is 5. The molecule has 0 aromatic carbocycles. The van der Waals surface area contributed by atoms with Gasteiger partial charge in [0.15, 0.2) is 0 Å². The fraction of sp³-hybridized carbons (Fsp3) is 0.643. The lowest BCUT2D eigenvalue weighted by Crippen LogP contribution is -2.40.